The number of halogens is 1. The number of fused-ring (bicyclic) bond motifs is 1. The van der Waals surface area contributed by atoms with E-state index in [4.69, 9.17) is 0 Å². The van der Waals surface area contributed by atoms with Crippen LogP contribution in [0.15, 0.2) is 18.2 Å². The Balaban J connectivity index is 1.75. The Morgan fingerprint density at radius 3 is 2.75 bits per heavy atom. The van der Waals surface area contributed by atoms with Gasteiger partial charge in [0.2, 0.25) is 0 Å². The van der Waals surface area contributed by atoms with Crippen molar-refractivity contribution in [2.75, 3.05) is 6.54 Å². The fraction of sp³-hybridized carbons (Fsp3) is 0.476. The monoisotopic (exact) mass is 385 g/mol. The number of aromatic nitrogens is 2. The first-order valence-electron chi connectivity index (χ1n) is 9.78. The molecule has 1 aromatic heterocycles. The molecule has 148 valence electrons. The van der Waals surface area contributed by atoms with Crippen molar-refractivity contribution < 1.29 is 19.1 Å². The van der Waals surface area contributed by atoms with Crippen molar-refractivity contribution in [1.82, 2.24) is 14.7 Å². The van der Waals surface area contributed by atoms with Crippen LogP contribution in [0.1, 0.15) is 53.5 Å². The van der Waals surface area contributed by atoms with Crippen molar-refractivity contribution in [3.05, 3.63) is 46.5 Å². The predicted molar refractivity (Wildman–Crippen MR) is 101 cm³/mol. The number of hydrogen-bond acceptors (Lipinski definition) is 3. The van der Waals surface area contributed by atoms with Gasteiger partial charge in [0.1, 0.15) is 11.5 Å². The van der Waals surface area contributed by atoms with Crippen LogP contribution in [0.5, 0.6) is 0 Å². The normalized spacial score (nSPS) is 21.6. The highest BCUT2D eigenvalue weighted by Gasteiger charge is 2.36. The zero-order valence-electron chi connectivity index (χ0n) is 16.1. The second-order valence-corrected chi connectivity index (χ2v) is 7.86. The highest BCUT2D eigenvalue weighted by Crippen LogP contribution is 2.32. The molecule has 0 saturated carbocycles. The van der Waals surface area contributed by atoms with Crippen LogP contribution in [0, 0.1) is 18.7 Å². The number of para-hydroxylation sites is 1. The number of nitrogens with zero attached hydrogens (tertiary/aromatic N) is 3. The number of carboxylic acids is 1. The number of rotatable bonds is 3. The largest absolute Gasteiger partial charge is 0.481 e. The summed E-state index contributed by atoms with van der Waals surface area (Å²) in [5.41, 5.74) is 3.24. The third-order valence-corrected chi connectivity index (χ3v) is 6.03. The molecule has 1 N–H and O–H groups in total. The number of aryl methyl sites for hydroxylation is 1. The molecule has 1 aromatic carbocycles. The summed E-state index contributed by atoms with van der Waals surface area (Å²) in [6.45, 7) is 3.96. The van der Waals surface area contributed by atoms with Gasteiger partial charge in [0.25, 0.3) is 5.91 Å². The van der Waals surface area contributed by atoms with Crippen LogP contribution >= 0.6 is 0 Å². The molecule has 2 aromatic rings. The first-order valence-corrected chi connectivity index (χ1v) is 9.78. The second-order valence-electron chi connectivity index (χ2n) is 7.86. The average Bonchev–Trinajstić information content (AvgIpc) is 3.25. The van der Waals surface area contributed by atoms with Crippen molar-refractivity contribution in [3.8, 4) is 5.69 Å². The average molecular weight is 385 g/mol. The van der Waals surface area contributed by atoms with Gasteiger partial charge < -0.3 is 10.0 Å². The van der Waals surface area contributed by atoms with Gasteiger partial charge in [0, 0.05) is 23.8 Å². The lowest BCUT2D eigenvalue weighted by Crippen LogP contribution is -2.47. The molecule has 1 saturated heterocycles. The zero-order valence-corrected chi connectivity index (χ0v) is 16.1. The molecule has 0 radical (unpaired) electrons. The van der Waals surface area contributed by atoms with Crippen LogP contribution in [0.2, 0.25) is 0 Å². The summed E-state index contributed by atoms with van der Waals surface area (Å²) in [4.78, 5) is 26.4. The summed E-state index contributed by atoms with van der Waals surface area (Å²) in [5, 5.41) is 13.9. The summed E-state index contributed by atoms with van der Waals surface area (Å²) >= 11 is 0. The van der Waals surface area contributed by atoms with Crippen LogP contribution in [0.4, 0.5) is 4.39 Å². The van der Waals surface area contributed by atoms with Gasteiger partial charge >= 0.3 is 5.97 Å². The van der Waals surface area contributed by atoms with Crippen molar-refractivity contribution in [2.45, 2.75) is 52.0 Å². The van der Waals surface area contributed by atoms with Crippen molar-refractivity contribution in [3.63, 3.8) is 0 Å². The number of amides is 1. The Hall–Kier alpha value is -2.70. The Kier molecular flexibility index (Phi) is 4.69. The first kappa shape index (κ1) is 18.7. The maximum Gasteiger partial charge on any atom is 0.308 e. The smallest absolute Gasteiger partial charge is 0.308 e. The minimum absolute atomic E-state index is 0.0412. The predicted octanol–water partition coefficient (Wildman–Crippen LogP) is 3.13. The number of carbonyl (C=O) groups excluding carboxylic acids is 1. The molecule has 1 amide bonds. The van der Waals surface area contributed by atoms with Crippen LogP contribution < -0.4 is 0 Å². The van der Waals surface area contributed by atoms with E-state index in [1.54, 1.807) is 15.6 Å². The van der Waals surface area contributed by atoms with E-state index < -0.39 is 11.9 Å². The molecule has 1 fully saturated rings. The molecule has 7 heteroatoms. The minimum atomic E-state index is -0.873. The van der Waals surface area contributed by atoms with Gasteiger partial charge in [-0.15, -0.1) is 0 Å². The quantitative estimate of drug-likeness (QED) is 0.881. The summed E-state index contributed by atoms with van der Waals surface area (Å²) in [5.74, 6) is -2.04. The summed E-state index contributed by atoms with van der Waals surface area (Å²) in [7, 11) is 0. The Morgan fingerprint density at radius 1 is 1.25 bits per heavy atom. The standard InChI is InChI=1S/C21H24FN3O3/c1-12-5-3-7-16(22)19(12)25-17-8-4-6-15(17)18(23-25)20(26)24-11-14(21(27)28)10-9-13(24)2/h3,5,7,13-14H,4,6,8-11H2,1-2H3,(H,27,28). The van der Waals surface area contributed by atoms with Crippen molar-refractivity contribution in [1.29, 1.82) is 0 Å². The molecule has 2 unspecified atom stereocenters. The maximum atomic E-state index is 14.6. The summed E-state index contributed by atoms with van der Waals surface area (Å²) in [6.07, 6.45) is 3.60. The van der Waals surface area contributed by atoms with Gasteiger partial charge in [0.05, 0.1) is 5.92 Å². The molecule has 2 heterocycles. The van der Waals surface area contributed by atoms with E-state index in [1.165, 1.54) is 6.07 Å². The van der Waals surface area contributed by atoms with E-state index in [9.17, 15) is 19.1 Å². The third kappa shape index (κ3) is 2.99. The Labute approximate surface area is 163 Å². The van der Waals surface area contributed by atoms with Gasteiger partial charge in [-0.25, -0.2) is 9.07 Å². The number of benzene rings is 1. The molecule has 1 aliphatic heterocycles. The highest BCUT2D eigenvalue weighted by atomic mass is 19.1. The lowest BCUT2D eigenvalue weighted by Gasteiger charge is -2.36. The molecule has 2 atom stereocenters. The number of likely N-dealkylation sites (tertiary alicyclic amines) is 1. The number of carbonyl (C=O) groups is 2. The molecule has 1 aliphatic carbocycles. The maximum absolute atomic E-state index is 14.6. The second kappa shape index (κ2) is 7.04. The van der Waals surface area contributed by atoms with Crippen LogP contribution in [0.3, 0.4) is 0 Å². The van der Waals surface area contributed by atoms with E-state index in [0.29, 0.717) is 24.2 Å². The number of piperidine rings is 1. The number of carboxylic acid groups (broad SMARTS) is 1. The topological polar surface area (TPSA) is 75.4 Å². The fourth-order valence-electron chi connectivity index (χ4n) is 4.41. The molecule has 6 nitrogen and oxygen atoms in total. The molecular formula is C21H24FN3O3. The van der Waals surface area contributed by atoms with E-state index in [0.717, 1.165) is 36.1 Å². The van der Waals surface area contributed by atoms with Gasteiger partial charge in [-0.3, -0.25) is 9.59 Å². The lowest BCUT2D eigenvalue weighted by molar-refractivity contribution is -0.143. The van der Waals surface area contributed by atoms with Crippen LogP contribution in [0.25, 0.3) is 5.69 Å². The van der Waals surface area contributed by atoms with Gasteiger partial charge in [-0.1, -0.05) is 12.1 Å². The molecule has 28 heavy (non-hydrogen) atoms. The first-order chi connectivity index (χ1) is 13.4. The van der Waals surface area contributed by atoms with E-state index in [-0.39, 0.29) is 24.3 Å². The SMILES string of the molecule is Cc1cccc(F)c1-n1nc(C(=O)N2CC(C(=O)O)CCC2C)c2c1CCC2. The van der Waals surface area contributed by atoms with Crippen molar-refractivity contribution >= 4 is 11.9 Å². The minimum Gasteiger partial charge on any atom is -0.481 e. The molecule has 4 rings (SSSR count). The zero-order chi connectivity index (χ0) is 20.0. The fourth-order valence-corrected chi connectivity index (χ4v) is 4.41. The van der Waals surface area contributed by atoms with Gasteiger partial charge in [-0.2, -0.15) is 5.10 Å². The van der Waals surface area contributed by atoms with E-state index in [1.807, 2.05) is 19.9 Å². The van der Waals surface area contributed by atoms with Crippen LogP contribution in [-0.4, -0.2) is 44.3 Å². The van der Waals surface area contributed by atoms with Crippen LogP contribution in [-0.2, 0) is 17.6 Å². The molecule has 0 bridgehead atoms. The van der Waals surface area contributed by atoms with E-state index in [2.05, 4.69) is 5.10 Å². The Bertz CT molecular complexity index is 932. The molecule has 2 aliphatic rings. The van der Waals surface area contributed by atoms with Gasteiger partial charge in [0.15, 0.2) is 5.69 Å². The lowest BCUT2D eigenvalue weighted by atomic mass is 9.93. The third-order valence-electron chi connectivity index (χ3n) is 6.03. The van der Waals surface area contributed by atoms with Crippen molar-refractivity contribution in [2.24, 2.45) is 5.92 Å². The summed E-state index contributed by atoms with van der Waals surface area (Å²) < 4.78 is 16.1. The number of hydrogen-bond donors (Lipinski definition) is 1. The Morgan fingerprint density at radius 2 is 2.04 bits per heavy atom. The highest BCUT2D eigenvalue weighted by molar-refractivity contribution is 5.95. The summed E-state index contributed by atoms with van der Waals surface area (Å²) in [6, 6.07) is 4.84. The number of aliphatic carboxylic acids is 1. The van der Waals surface area contributed by atoms with Gasteiger partial charge in [-0.05, 0) is 57.6 Å². The molecular weight excluding hydrogens is 361 g/mol. The molecule has 0 spiro atoms. The van der Waals surface area contributed by atoms with E-state index >= 15 is 0 Å².